The number of hydrogen-bond acceptors (Lipinski definition) is 4. The SMILES string of the molecule is CCn1c(N(CCOc2ccccc2)S(=O)(=O)O)nc2ccccc21. The van der Waals surface area contributed by atoms with E-state index < -0.39 is 10.3 Å². The second kappa shape index (κ2) is 7.12. The number of fused-ring (bicyclic) bond motifs is 1. The van der Waals surface area contributed by atoms with Crippen LogP contribution in [0.5, 0.6) is 5.75 Å². The molecule has 0 aliphatic rings. The zero-order chi connectivity index (χ0) is 17.9. The molecule has 0 amide bonds. The van der Waals surface area contributed by atoms with Gasteiger partial charge in [0, 0.05) is 6.54 Å². The minimum atomic E-state index is -4.48. The molecule has 7 nitrogen and oxygen atoms in total. The van der Waals surface area contributed by atoms with Crippen molar-refractivity contribution in [1.29, 1.82) is 0 Å². The normalized spacial score (nSPS) is 11.6. The first kappa shape index (κ1) is 17.2. The molecule has 1 aromatic heterocycles. The molecule has 3 aromatic rings. The van der Waals surface area contributed by atoms with E-state index in [1.807, 2.05) is 43.3 Å². The van der Waals surface area contributed by atoms with Gasteiger partial charge in [-0.15, -0.1) is 0 Å². The van der Waals surface area contributed by atoms with E-state index in [0.717, 1.165) is 9.82 Å². The Balaban J connectivity index is 1.89. The third-order valence-electron chi connectivity index (χ3n) is 3.76. The maximum atomic E-state index is 11.9. The number of nitrogens with zero attached hydrogens (tertiary/aromatic N) is 3. The fourth-order valence-electron chi connectivity index (χ4n) is 2.65. The summed E-state index contributed by atoms with van der Waals surface area (Å²) in [6, 6.07) is 16.4. The van der Waals surface area contributed by atoms with Crippen LogP contribution in [0.15, 0.2) is 54.6 Å². The largest absolute Gasteiger partial charge is 0.492 e. The van der Waals surface area contributed by atoms with Gasteiger partial charge >= 0.3 is 10.3 Å². The molecule has 2 aromatic carbocycles. The lowest BCUT2D eigenvalue weighted by Crippen LogP contribution is -2.36. The number of hydrogen-bond donors (Lipinski definition) is 1. The number of aromatic nitrogens is 2. The van der Waals surface area contributed by atoms with Crippen LogP contribution in [0.2, 0.25) is 0 Å². The van der Waals surface area contributed by atoms with Crippen LogP contribution in [0.3, 0.4) is 0 Å². The van der Waals surface area contributed by atoms with Crippen LogP contribution in [0.1, 0.15) is 6.92 Å². The van der Waals surface area contributed by atoms with Crippen molar-refractivity contribution >= 4 is 27.3 Å². The van der Waals surface area contributed by atoms with E-state index in [-0.39, 0.29) is 19.1 Å². The van der Waals surface area contributed by atoms with Crippen LogP contribution < -0.4 is 9.04 Å². The molecule has 3 rings (SSSR count). The summed E-state index contributed by atoms with van der Waals surface area (Å²) >= 11 is 0. The van der Waals surface area contributed by atoms with Crippen LogP contribution in [-0.2, 0) is 16.8 Å². The molecule has 0 aliphatic heterocycles. The summed E-state index contributed by atoms with van der Waals surface area (Å²) in [4.78, 5) is 4.37. The summed E-state index contributed by atoms with van der Waals surface area (Å²) in [6.45, 7) is 2.43. The molecule has 25 heavy (non-hydrogen) atoms. The predicted molar refractivity (Wildman–Crippen MR) is 96.2 cm³/mol. The average molecular weight is 361 g/mol. The van der Waals surface area contributed by atoms with Gasteiger partial charge in [-0.1, -0.05) is 30.3 Å². The second-order valence-electron chi connectivity index (χ2n) is 5.36. The highest BCUT2D eigenvalue weighted by Crippen LogP contribution is 2.24. The van der Waals surface area contributed by atoms with E-state index in [0.29, 0.717) is 17.8 Å². The Morgan fingerprint density at radius 1 is 1.12 bits per heavy atom. The molecule has 0 radical (unpaired) electrons. The molecular formula is C17H19N3O4S. The van der Waals surface area contributed by atoms with Crippen LogP contribution in [0.25, 0.3) is 11.0 Å². The van der Waals surface area contributed by atoms with Crippen molar-refractivity contribution in [3.63, 3.8) is 0 Å². The molecule has 0 aliphatic carbocycles. The average Bonchev–Trinajstić information content (AvgIpc) is 2.96. The topological polar surface area (TPSA) is 84.7 Å². The van der Waals surface area contributed by atoms with E-state index in [2.05, 4.69) is 4.98 Å². The number of ether oxygens (including phenoxy) is 1. The van der Waals surface area contributed by atoms with Crippen molar-refractivity contribution < 1.29 is 17.7 Å². The van der Waals surface area contributed by atoms with Crippen molar-refractivity contribution in [2.75, 3.05) is 17.5 Å². The summed E-state index contributed by atoms with van der Waals surface area (Å²) in [5.41, 5.74) is 1.47. The Labute approximate surface area is 146 Å². The first-order valence-corrected chi connectivity index (χ1v) is 9.28. The maximum Gasteiger partial charge on any atom is 0.362 e. The molecule has 0 fully saturated rings. The summed E-state index contributed by atoms with van der Waals surface area (Å²) < 4.78 is 41.6. The number of rotatable bonds is 7. The Morgan fingerprint density at radius 3 is 2.48 bits per heavy atom. The van der Waals surface area contributed by atoms with E-state index in [1.54, 1.807) is 22.8 Å². The van der Waals surface area contributed by atoms with Gasteiger partial charge in [-0.3, -0.25) is 4.55 Å². The van der Waals surface area contributed by atoms with Gasteiger partial charge in [0.2, 0.25) is 5.95 Å². The van der Waals surface area contributed by atoms with E-state index >= 15 is 0 Å². The Morgan fingerprint density at radius 2 is 1.80 bits per heavy atom. The third-order valence-corrected chi connectivity index (χ3v) is 4.66. The van der Waals surface area contributed by atoms with E-state index in [1.165, 1.54) is 0 Å². The summed E-state index contributed by atoms with van der Waals surface area (Å²) in [5.74, 6) is 0.796. The van der Waals surface area contributed by atoms with E-state index in [9.17, 15) is 13.0 Å². The third kappa shape index (κ3) is 3.75. The fourth-order valence-corrected chi connectivity index (χ4v) is 3.30. The van der Waals surface area contributed by atoms with Crippen molar-refractivity contribution in [2.45, 2.75) is 13.5 Å². The van der Waals surface area contributed by atoms with Gasteiger partial charge in [-0.05, 0) is 31.2 Å². The standard InChI is InChI=1S/C17H19N3O4S/c1-2-19-16-11-7-6-10-15(16)18-17(19)20(25(21,22)23)12-13-24-14-8-4-3-5-9-14/h3-11H,2,12-13H2,1H3,(H,21,22,23). The van der Waals surface area contributed by atoms with Gasteiger partial charge in [0.15, 0.2) is 0 Å². The Hall–Kier alpha value is -2.58. The molecule has 132 valence electrons. The zero-order valence-electron chi connectivity index (χ0n) is 13.7. The molecule has 0 atom stereocenters. The lowest BCUT2D eigenvalue weighted by atomic mass is 10.3. The molecule has 0 saturated carbocycles. The number of benzene rings is 2. The zero-order valence-corrected chi connectivity index (χ0v) is 14.6. The van der Waals surface area contributed by atoms with Crippen LogP contribution in [0, 0.1) is 0 Å². The molecule has 0 unspecified atom stereocenters. The molecule has 0 saturated heterocycles. The van der Waals surface area contributed by atoms with Crippen LogP contribution in [-0.4, -0.2) is 35.7 Å². The highest BCUT2D eigenvalue weighted by molar-refractivity contribution is 7.87. The minimum Gasteiger partial charge on any atom is -0.492 e. The van der Waals surface area contributed by atoms with Crippen LogP contribution in [0.4, 0.5) is 5.95 Å². The first-order chi connectivity index (χ1) is 12.0. The van der Waals surface area contributed by atoms with Crippen molar-refractivity contribution in [2.24, 2.45) is 0 Å². The predicted octanol–water partition coefficient (Wildman–Crippen LogP) is 2.74. The first-order valence-electron chi connectivity index (χ1n) is 7.89. The number of para-hydroxylation sites is 3. The van der Waals surface area contributed by atoms with Crippen molar-refractivity contribution in [1.82, 2.24) is 9.55 Å². The smallest absolute Gasteiger partial charge is 0.362 e. The van der Waals surface area contributed by atoms with Gasteiger partial charge in [0.25, 0.3) is 0 Å². The maximum absolute atomic E-state index is 11.9. The van der Waals surface area contributed by atoms with Gasteiger partial charge in [0.05, 0.1) is 17.6 Å². The summed E-state index contributed by atoms with van der Waals surface area (Å²) in [5, 5.41) is 0. The van der Waals surface area contributed by atoms with Gasteiger partial charge in [0.1, 0.15) is 12.4 Å². The summed E-state index contributed by atoms with van der Waals surface area (Å²) in [6.07, 6.45) is 0. The molecule has 1 heterocycles. The number of aryl methyl sites for hydroxylation is 1. The molecule has 0 spiro atoms. The highest BCUT2D eigenvalue weighted by Gasteiger charge is 2.25. The lowest BCUT2D eigenvalue weighted by molar-refractivity contribution is 0.326. The molecule has 0 bridgehead atoms. The van der Waals surface area contributed by atoms with Crippen LogP contribution >= 0.6 is 0 Å². The minimum absolute atomic E-state index is 0.0585. The fraction of sp³-hybridized carbons (Fsp3) is 0.235. The van der Waals surface area contributed by atoms with Crippen molar-refractivity contribution in [3.05, 3.63) is 54.6 Å². The van der Waals surface area contributed by atoms with Gasteiger partial charge in [-0.25, -0.2) is 9.29 Å². The lowest BCUT2D eigenvalue weighted by Gasteiger charge is -2.20. The molecule has 8 heteroatoms. The monoisotopic (exact) mass is 361 g/mol. The van der Waals surface area contributed by atoms with E-state index in [4.69, 9.17) is 4.74 Å². The molecule has 1 N–H and O–H groups in total. The quantitative estimate of drug-likeness (QED) is 0.654. The van der Waals surface area contributed by atoms with Gasteiger partial charge in [-0.2, -0.15) is 8.42 Å². The van der Waals surface area contributed by atoms with Gasteiger partial charge < -0.3 is 9.30 Å². The summed E-state index contributed by atoms with van der Waals surface area (Å²) in [7, 11) is -4.48. The van der Waals surface area contributed by atoms with Crippen molar-refractivity contribution in [3.8, 4) is 5.75 Å². The number of imidazole rings is 1. The second-order valence-corrected chi connectivity index (χ2v) is 6.69. The molecular weight excluding hydrogens is 342 g/mol. The Kier molecular flexibility index (Phi) is 4.91. The Bertz CT molecular complexity index is 954. The number of anilines is 1. The highest BCUT2D eigenvalue weighted by atomic mass is 32.2.